The molecule has 0 bridgehead atoms. The van der Waals surface area contributed by atoms with E-state index in [0.717, 1.165) is 7.11 Å². The van der Waals surface area contributed by atoms with Crippen LogP contribution in [-0.4, -0.2) is 28.5 Å². The molecule has 0 spiro atoms. The normalized spacial score (nSPS) is 11.2. The lowest BCUT2D eigenvalue weighted by atomic mass is 10.2. The van der Waals surface area contributed by atoms with Gasteiger partial charge in [-0.15, -0.1) is 13.2 Å². The number of pyridine rings is 1. The molecule has 1 aromatic rings. The predicted molar refractivity (Wildman–Crippen MR) is 50.0 cm³/mol. The Morgan fingerprint density at radius 3 is 2.56 bits per heavy atom. The van der Waals surface area contributed by atoms with Crippen molar-refractivity contribution in [3.8, 4) is 11.6 Å². The first-order valence-electron chi connectivity index (χ1n) is 4.37. The number of aromatic nitrogens is 1. The Hall–Kier alpha value is -2.10. The molecule has 0 fully saturated rings. The zero-order valence-electron chi connectivity index (χ0n) is 8.89. The fourth-order valence-electron chi connectivity index (χ4n) is 1.12. The monoisotopic (exact) mass is 268 g/mol. The van der Waals surface area contributed by atoms with E-state index in [9.17, 15) is 23.3 Å². The Labute approximate surface area is 97.9 Å². The summed E-state index contributed by atoms with van der Waals surface area (Å²) in [7, 11) is 0.969. The summed E-state index contributed by atoms with van der Waals surface area (Å²) >= 11 is 0. The van der Waals surface area contributed by atoms with E-state index in [4.69, 9.17) is 5.11 Å². The maximum Gasteiger partial charge on any atom is 0.573 e. The van der Waals surface area contributed by atoms with E-state index in [0.29, 0.717) is 6.07 Å². The summed E-state index contributed by atoms with van der Waals surface area (Å²) in [6.45, 7) is -0.898. The molecule has 100 valence electrons. The fraction of sp³-hybridized carbons (Fsp3) is 0.375. The minimum absolute atomic E-state index is 0.453. The van der Waals surface area contributed by atoms with Crippen molar-refractivity contribution in [1.82, 2.24) is 4.98 Å². The van der Waals surface area contributed by atoms with Gasteiger partial charge >= 0.3 is 18.1 Å². The summed E-state index contributed by atoms with van der Waals surface area (Å²) in [5.74, 6) is -2.39. The summed E-state index contributed by atoms with van der Waals surface area (Å²) in [5, 5.41) is 19.4. The molecule has 0 amide bonds. The van der Waals surface area contributed by atoms with Gasteiger partial charge in [0.2, 0.25) is 5.75 Å². The number of ether oxygens (including phenoxy) is 2. The van der Waals surface area contributed by atoms with E-state index in [1.54, 1.807) is 0 Å². The maximum atomic E-state index is 12.1. The summed E-state index contributed by atoms with van der Waals surface area (Å²) in [6.07, 6.45) is -5.03. The third-order valence-corrected chi connectivity index (χ3v) is 1.77. The van der Waals surface area contributed by atoms with Gasteiger partial charge in [-0.1, -0.05) is 0 Å². The van der Waals surface area contributed by atoms with Gasteiger partial charge < -0.3 is 24.7 Å². The average Bonchev–Trinajstić information content (AvgIpc) is 2.26. The lowest BCUT2D eigenvalue weighted by molar-refractivity contribution is -0.389. The highest BCUT2D eigenvalue weighted by atomic mass is 19.4. The number of methoxy groups -OCH3 is 1. The molecule has 0 aliphatic carbocycles. The number of alkyl halides is 3. The standard InChI is InChI=1S/C8H7F3N2O5/c1-17-7-6(18-8(9,10)11)4(3-14)2-5(12-7)13(15)16/h2,14H,3H2,1H3. The molecule has 0 saturated carbocycles. The van der Waals surface area contributed by atoms with Gasteiger partial charge in [-0.2, -0.15) is 0 Å². The van der Waals surface area contributed by atoms with E-state index in [1.165, 1.54) is 0 Å². The van der Waals surface area contributed by atoms with E-state index >= 15 is 0 Å². The number of nitro groups is 1. The molecule has 10 heteroatoms. The van der Waals surface area contributed by atoms with Crippen LogP contribution < -0.4 is 9.47 Å². The van der Waals surface area contributed by atoms with Gasteiger partial charge in [0.1, 0.15) is 0 Å². The van der Waals surface area contributed by atoms with E-state index in [1.807, 2.05) is 0 Å². The number of rotatable bonds is 4. The van der Waals surface area contributed by atoms with Crippen LogP contribution in [0.4, 0.5) is 19.0 Å². The van der Waals surface area contributed by atoms with Gasteiger partial charge in [-0.3, -0.25) is 0 Å². The molecule has 0 aliphatic heterocycles. The van der Waals surface area contributed by atoms with Crippen molar-refractivity contribution in [2.75, 3.05) is 7.11 Å². The van der Waals surface area contributed by atoms with Gasteiger partial charge in [0.05, 0.1) is 13.7 Å². The second kappa shape index (κ2) is 5.04. The maximum absolute atomic E-state index is 12.1. The Kier molecular flexibility index (Phi) is 3.91. The zero-order chi connectivity index (χ0) is 13.9. The topological polar surface area (TPSA) is 94.7 Å². The van der Waals surface area contributed by atoms with Crippen LogP contribution in [0.3, 0.4) is 0 Å². The van der Waals surface area contributed by atoms with Gasteiger partial charge in [-0.25, -0.2) is 0 Å². The average molecular weight is 268 g/mol. The third kappa shape index (κ3) is 3.20. The molecule has 0 aliphatic rings. The van der Waals surface area contributed by atoms with Gasteiger partial charge in [0.25, 0.3) is 0 Å². The smallest absolute Gasteiger partial charge is 0.460 e. The van der Waals surface area contributed by atoms with Crippen molar-refractivity contribution < 1.29 is 32.7 Å². The minimum atomic E-state index is -5.03. The molecular weight excluding hydrogens is 261 g/mol. The molecule has 0 unspecified atom stereocenters. The Bertz CT molecular complexity index is 438. The lowest BCUT2D eigenvalue weighted by Gasteiger charge is -2.12. The van der Waals surface area contributed by atoms with Crippen LogP contribution in [0.25, 0.3) is 0 Å². The molecule has 7 nitrogen and oxygen atoms in total. The summed E-state index contributed by atoms with van der Waals surface area (Å²) < 4.78 is 44.4. The van der Waals surface area contributed by atoms with Gasteiger partial charge in [-0.05, 0) is 4.92 Å². The number of hydrogen-bond acceptors (Lipinski definition) is 6. The SMILES string of the molecule is COc1nc([N+](=O)[O-])cc(CO)c1OC(F)(F)F. The van der Waals surface area contributed by atoms with Crippen molar-refractivity contribution in [1.29, 1.82) is 0 Å². The number of nitrogens with zero attached hydrogens (tertiary/aromatic N) is 2. The summed E-state index contributed by atoms with van der Waals surface area (Å²) in [5.41, 5.74) is -0.453. The first kappa shape index (κ1) is 14.0. The minimum Gasteiger partial charge on any atom is -0.460 e. The second-order valence-electron chi connectivity index (χ2n) is 2.94. The third-order valence-electron chi connectivity index (χ3n) is 1.77. The van der Waals surface area contributed by atoms with Crippen molar-refractivity contribution >= 4 is 5.82 Å². The Morgan fingerprint density at radius 1 is 1.56 bits per heavy atom. The Morgan fingerprint density at radius 2 is 2.17 bits per heavy atom. The molecule has 18 heavy (non-hydrogen) atoms. The molecule has 0 atom stereocenters. The van der Waals surface area contributed by atoms with Crippen molar-refractivity contribution in [2.24, 2.45) is 0 Å². The molecule has 1 aromatic heterocycles. The molecule has 1 heterocycles. The van der Waals surface area contributed by atoms with Crippen LogP contribution >= 0.6 is 0 Å². The second-order valence-corrected chi connectivity index (χ2v) is 2.94. The number of aliphatic hydroxyl groups is 1. The van der Waals surface area contributed by atoms with Crippen LogP contribution in [0.5, 0.6) is 11.6 Å². The molecule has 1 N–H and O–H groups in total. The lowest BCUT2D eigenvalue weighted by Crippen LogP contribution is -2.19. The number of hydrogen-bond donors (Lipinski definition) is 1. The quantitative estimate of drug-likeness (QED) is 0.655. The van der Waals surface area contributed by atoms with Crippen LogP contribution in [0.1, 0.15) is 5.56 Å². The van der Waals surface area contributed by atoms with Gasteiger partial charge in [0, 0.05) is 16.6 Å². The Balaban J connectivity index is 3.34. The summed E-state index contributed by atoms with van der Waals surface area (Å²) in [4.78, 5) is 12.8. The van der Waals surface area contributed by atoms with Crippen LogP contribution in [0, 0.1) is 10.1 Å². The van der Waals surface area contributed by atoms with Crippen LogP contribution in [-0.2, 0) is 6.61 Å². The van der Waals surface area contributed by atoms with Crippen LogP contribution in [0.15, 0.2) is 6.07 Å². The molecular formula is C8H7F3N2O5. The van der Waals surface area contributed by atoms with Crippen molar-refractivity contribution in [3.05, 3.63) is 21.7 Å². The van der Waals surface area contributed by atoms with Crippen LogP contribution in [0.2, 0.25) is 0 Å². The number of halogens is 3. The van der Waals surface area contributed by atoms with E-state index in [2.05, 4.69) is 14.5 Å². The van der Waals surface area contributed by atoms with E-state index < -0.39 is 40.9 Å². The zero-order valence-corrected chi connectivity index (χ0v) is 8.89. The highest BCUT2D eigenvalue weighted by Gasteiger charge is 2.36. The largest absolute Gasteiger partial charge is 0.573 e. The highest BCUT2D eigenvalue weighted by Crippen LogP contribution is 2.36. The summed E-state index contributed by atoms with van der Waals surface area (Å²) in [6, 6.07) is 0.670. The highest BCUT2D eigenvalue weighted by molar-refractivity contribution is 5.46. The molecule has 0 aromatic carbocycles. The number of aliphatic hydroxyl groups excluding tert-OH is 1. The molecule has 0 radical (unpaired) electrons. The first-order chi connectivity index (χ1) is 8.28. The van der Waals surface area contributed by atoms with Gasteiger partial charge in [0.15, 0.2) is 0 Å². The first-order valence-corrected chi connectivity index (χ1v) is 4.37. The van der Waals surface area contributed by atoms with E-state index in [-0.39, 0.29) is 0 Å². The molecule has 0 saturated heterocycles. The van der Waals surface area contributed by atoms with Crippen molar-refractivity contribution in [2.45, 2.75) is 13.0 Å². The molecule has 1 rings (SSSR count). The fourth-order valence-corrected chi connectivity index (χ4v) is 1.12. The van der Waals surface area contributed by atoms with Crippen molar-refractivity contribution in [3.63, 3.8) is 0 Å². The predicted octanol–water partition coefficient (Wildman–Crippen LogP) is 1.39.